The third-order valence-electron chi connectivity index (χ3n) is 7.17. The Morgan fingerprint density at radius 1 is 1.15 bits per heavy atom. The van der Waals surface area contributed by atoms with Crippen molar-refractivity contribution in [3.63, 3.8) is 0 Å². The molecular weight excluding hydrogens is 434 g/mol. The fourth-order valence-electron chi connectivity index (χ4n) is 5.21. The van der Waals surface area contributed by atoms with Gasteiger partial charge in [0.2, 0.25) is 5.91 Å². The fourth-order valence-corrected chi connectivity index (χ4v) is 5.21. The Kier molecular flexibility index (Phi) is 6.36. The Morgan fingerprint density at radius 3 is 2.68 bits per heavy atom. The first-order chi connectivity index (χ1) is 16.5. The van der Waals surface area contributed by atoms with Crippen LogP contribution >= 0.6 is 0 Å². The number of carbonyl (C=O) groups excluding carboxylic acids is 3. The summed E-state index contributed by atoms with van der Waals surface area (Å²) in [7, 11) is 1.84. The number of carbonyl (C=O) groups is 3. The number of ether oxygens (including phenoxy) is 1. The molecule has 180 valence electrons. The minimum atomic E-state index is -0.235. The average molecular weight is 466 g/mol. The Hall–Kier alpha value is -3.20. The van der Waals surface area contributed by atoms with Gasteiger partial charge >= 0.3 is 0 Å². The molecule has 0 bridgehead atoms. The number of aromatic nitrogens is 2. The predicted molar refractivity (Wildman–Crippen MR) is 126 cm³/mol. The number of hydrogen-bond acceptors (Lipinski definition) is 6. The second-order valence-corrected chi connectivity index (χ2v) is 9.35. The van der Waals surface area contributed by atoms with Gasteiger partial charge in [-0.25, -0.2) is 0 Å². The summed E-state index contributed by atoms with van der Waals surface area (Å²) in [6.07, 6.45) is 6.83. The molecule has 0 N–H and O–H groups in total. The molecule has 0 radical (unpaired) electrons. The second kappa shape index (κ2) is 9.58. The van der Waals surface area contributed by atoms with Gasteiger partial charge in [-0.1, -0.05) is 6.07 Å². The zero-order valence-corrected chi connectivity index (χ0v) is 19.6. The van der Waals surface area contributed by atoms with Crippen molar-refractivity contribution in [2.24, 2.45) is 5.92 Å². The lowest BCUT2D eigenvalue weighted by Crippen LogP contribution is -2.42. The summed E-state index contributed by atoms with van der Waals surface area (Å²) in [5.74, 6) is -0.355. The third kappa shape index (κ3) is 4.32. The van der Waals surface area contributed by atoms with Gasteiger partial charge in [0.15, 0.2) is 0 Å². The van der Waals surface area contributed by atoms with Crippen molar-refractivity contribution in [1.82, 2.24) is 19.6 Å². The van der Waals surface area contributed by atoms with Crippen molar-refractivity contribution >= 4 is 23.4 Å². The van der Waals surface area contributed by atoms with Crippen molar-refractivity contribution in [1.29, 1.82) is 0 Å². The van der Waals surface area contributed by atoms with Crippen LogP contribution in [-0.2, 0) is 16.1 Å². The van der Waals surface area contributed by atoms with Crippen LogP contribution in [-0.4, -0.2) is 83.2 Å². The van der Waals surface area contributed by atoms with E-state index >= 15 is 0 Å². The summed E-state index contributed by atoms with van der Waals surface area (Å²) in [6, 6.07) is 7.37. The number of rotatable bonds is 7. The van der Waals surface area contributed by atoms with Crippen molar-refractivity contribution in [3.8, 4) is 0 Å². The Balaban J connectivity index is 1.22. The molecule has 3 amide bonds. The van der Waals surface area contributed by atoms with E-state index < -0.39 is 0 Å². The number of likely N-dealkylation sites (N-methyl/N-ethyl adjacent to an activating group) is 1. The van der Waals surface area contributed by atoms with Gasteiger partial charge < -0.3 is 14.5 Å². The van der Waals surface area contributed by atoms with E-state index in [1.807, 2.05) is 36.1 Å². The predicted octanol–water partition coefficient (Wildman–Crippen LogP) is 2.03. The summed E-state index contributed by atoms with van der Waals surface area (Å²) >= 11 is 0. The summed E-state index contributed by atoms with van der Waals surface area (Å²) in [5, 5.41) is 4.19. The van der Waals surface area contributed by atoms with Crippen LogP contribution < -0.4 is 4.90 Å². The molecule has 34 heavy (non-hydrogen) atoms. The van der Waals surface area contributed by atoms with Crippen molar-refractivity contribution < 1.29 is 19.1 Å². The lowest BCUT2D eigenvalue weighted by molar-refractivity contribution is -0.135. The molecule has 0 saturated carbocycles. The van der Waals surface area contributed by atoms with Crippen LogP contribution in [0.2, 0.25) is 0 Å². The van der Waals surface area contributed by atoms with E-state index in [9.17, 15) is 14.4 Å². The van der Waals surface area contributed by atoms with Crippen LogP contribution in [0.4, 0.5) is 5.69 Å². The molecule has 2 saturated heterocycles. The highest BCUT2D eigenvalue weighted by atomic mass is 16.5. The molecule has 1 aromatic heterocycles. The van der Waals surface area contributed by atoms with E-state index in [1.165, 1.54) is 4.90 Å². The number of piperidine rings is 1. The van der Waals surface area contributed by atoms with E-state index in [2.05, 4.69) is 10.00 Å². The van der Waals surface area contributed by atoms with Crippen LogP contribution in [0.1, 0.15) is 46.4 Å². The average Bonchev–Trinajstić information content (AvgIpc) is 3.62. The molecule has 0 aliphatic carbocycles. The van der Waals surface area contributed by atoms with E-state index in [-0.39, 0.29) is 29.7 Å². The molecule has 5 rings (SSSR count). The van der Waals surface area contributed by atoms with Crippen LogP contribution in [0.3, 0.4) is 0 Å². The normalized spacial score (nSPS) is 20.8. The largest absolute Gasteiger partial charge is 0.376 e. The summed E-state index contributed by atoms with van der Waals surface area (Å²) in [6.45, 7) is 3.63. The van der Waals surface area contributed by atoms with Crippen LogP contribution in [0, 0.1) is 5.92 Å². The quantitative estimate of drug-likeness (QED) is 0.582. The number of fused-ring (bicyclic) bond motifs is 1. The first-order valence-corrected chi connectivity index (χ1v) is 12.1. The lowest BCUT2D eigenvalue weighted by atomic mass is 9.94. The van der Waals surface area contributed by atoms with Gasteiger partial charge in [-0.3, -0.25) is 24.0 Å². The molecule has 2 fully saturated rings. The molecule has 1 atom stereocenters. The van der Waals surface area contributed by atoms with Gasteiger partial charge in [-0.15, -0.1) is 0 Å². The van der Waals surface area contributed by atoms with Crippen LogP contribution in [0.25, 0.3) is 0 Å². The molecule has 2 aromatic rings. The zero-order valence-electron chi connectivity index (χ0n) is 19.6. The number of hydrogen-bond donors (Lipinski definition) is 0. The maximum absolute atomic E-state index is 13.2. The van der Waals surface area contributed by atoms with Crippen LogP contribution in [0.15, 0.2) is 36.7 Å². The van der Waals surface area contributed by atoms with Crippen molar-refractivity contribution in [2.75, 3.05) is 44.7 Å². The zero-order chi connectivity index (χ0) is 23.7. The maximum Gasteiger partial charge on any atom is 0.263 e. The topological polar surface area (TPSA) is 88.0 Å². The molecule has 3 aliphatic rings. The Morgan fingerprint density at radius 2 is 1.97 bits per heavy atom. The molecule has 9 nitrogen and oxygen atoms in total. The SMILES string of the molecule is CN(CCn1cccn1)C(=O)C1CCN(c2cccc3c2C(=O)N(CC2CCCO2)C3=O)CC1. The highest BCUT2D eigenvalue weighted by Gasteiger charge is 2.40. The molecule has 0 spiro atoms. The molecule has 4 heterocycles. The maximum atomic E-state index is 13.2. The van der Waals surface area contributed by atoms with Gasteiger partial charge in [-0.2, -0.15) is 5.10 Å². The summed E-state index contributed by atoms with van der Waals surface area (Å²) in [5.41, 5.74) is 1.76. The number of benzene rings is 1. The number of amides is 3. The number of imide groups is 1. The van der Waals surface area contributed by atoms with E-state index in [0.29, 0.717) is 50.5 Å². The van der Waals surface area contributed by atoms with E-state index in [4.69, 9.17) is 4.74 Å². The number of nitrogens with zero attached hydrogens (tertiary/aromatic N) is 5. The smallest absolute Gasteiger partial charge is 0.263 e. The number of anilines is 1. The Labute approximate surface area is 199 Å². The lowest BCUT2D eigenvalue weighted by Gasteiger charge is -2.35. The van der Waals surface area contributed by atoms with Crippen LogP contribution in [0.5, 0.6) is 0 Å². The molecule has 3 aliphatic heterocycles. The van der Waals surface area contributed by atoms with Gasteiger partial charge in [-0.05, 0) is 43.9 Å². The second-order valence-electron chi connectivity index (χ2n) is 9.35. The highest BCUT2D eigenvalue weighted by molar-refractivity contribution is 6.23. The third-order valence-corrected chi connectivity index (χ3v) is 7.17. The summed E-state index contributed by atoms with van der Waals surface area (Å²) < 4.78 is 7.47. The van der Waals surface area contributed by atoms with Gasteiger partial charge in [0.25, 0.3) is 11.8 Å². The monoisotopic (exact) mass is 465 g/mol. The molecule has 1 aromatic carbocycles. The van der Waals surface area contributed by atoms with Gasteiger partial charge in [0, 0.05) is 51.6 Å². The van der Waals surface area contributed by atoms with Gasteiger partial charge in [0.1, 0.15) is 0 Å². The van der Waals surface area contributed by atoms with E-state index in [1.54, 1.807) is 17.2 Å². The molecule has 9 heteroatoms. The first-order valence-electron chi connectivity index (χ1n) is 12.1. The Bertz CT molecular complexity index is 1060. The van der Waals surface area contributed by atoms with Crippen molar-refractivity contribution in [3.05, 3.63) is 47.8 Å². The van der Waals surface area contributed by atoms with E-state index in [0.717, 1.165) is 31.4 Å². The fraction of sp³-hybridized carbons (Fsp3) is 0.520. The molecule has 1 unspecified atom stereocenters. The molecular formula is C25H31N5O4. The summed E-state index contributed by atoms with van der Waals surface area (Å²) in [4.78, 5) is 44.4. The van der Waals surface area contributed by atoms with Crippen molar-refractivity contribution in [2.45, 2.75) is 38.3 Å². The standard InChI is InChI=1S/C25H31N5O4/c1-27(14-15-29-11-4-10-26-29)23(31)18-8-12-28(13-9-18)21-7-2-6-20-22(21)25(33)30(24(20)32)17-19-5-3-16-34-19/h2,4,6-7,10-11,18-19H,3,5,8-9,12-17H2,1H3. The van der Waals surface area contributed by atoms with Gasteiger partial charge in [0.05, 0.1) is 36.0 Å². The highest BCUT2D eigenvalue weighted by Crippen LogP contribution is 2.34. The minimum absolute atomic E-state index is 0.0380. The minimum Gasteiger partial charge on any atom is -0.376 e. The first kappa shape index (κ1) is 22.6.